The number of hydrogen-bond acceptors (Lipinski definition) is 6. The van der Waals surface area contributed by atoms with Gasteiger partial charge in [-0.3, -0.25) is 4.79 Å². The van der Waals surface area contributed by atoms with Gasteiger partial charge >= 0.3 is 5.97 Å². The molecule has 0 N–H and O–H groups in total. The zero-order valence-corrected chi connectivity index (χ0v) is 15.3. The van der Waals surface area contributed by atoms with E-state index >= 15 is 0 Å². The molecule has 1 atom stereocenters. The van der Waals surface area contributed by atoms with Gasteiger partial charge in [0.1, 0.15) is 0 Å². The Kier molecular flexibility index (Phi) is 4.74. The van der Waals surface area contributed by atoms with Crippen molar-refractivity contribution in [1.29, 1.82) is 0 Å². The third-order valence-electron chi connectivity index (χ3n) is 5.07. The van der Waals surface area contributed by atoms with Crippen molar-refractivity contribution in [2.24, 2.45) is 11.3 Å². The van der Waals surface area contributed by atoms with Crippen LogP contribution in [0.15, 0.2) is 24.4 Å². The third-order valence-corrected chi connectivity index (χ3v) is 5.07. The number of methoxy groups -OCH3 is 1. The standard InChI is InChI=1S/C18H25N5O2/c1-13-9-11-23(21-13)16-8-7-15(19-20-16)22-10-5-6-14(12-22)18(2,3)17(24)25-4/h7-9,11,14H,5-6,10,12H2,1-4H3. The van der Waals surface area contributed by atoms with Gasteiger partial charge in [-0.2, -0.15) is 5.10 Å². The van der Waals surface area contributed by atoms with Crippen LogP contribution < -0.4 is 4.90 Å². The molecule has 1 aliphatic rings. The number of hydrogen-bond donors (Lipinski definition) is 0. The smallest absolute Gasteiger partial charge is 0.311 e. The van der Waals surface area contributed by atoms with Gasteiger partial charge in [0.25, 0.3) is 0 Å². The van der Waals surface area contributed by atoms with Crippen LogP contribution in [0.25, 0.3) is 5.82 Å². The van der Waals surface area contributed by atoms with Gasteiger partial charge in [-0.15, -0.1) is 10.2 Å². The number of carbonyl (C=O) groups is 1. The fourth-order valence-corrected chi connectivity index (χ4v) is 3.36. The number of piperidine rings is 1. The quantitative estimate of drug-likeness (QED) is 0.794. The Hall–Kier alpha value is -2.44. The molecule has 3 heterocycles. The lowest BCUT2D eigenvalue weighted by Crippen LogP contribution is -2.45. The highest BCUT2D eigenvalue weighted by molar-refractivity contribution is 5.76. The molecule has 0 saturated carbocycles. The second-order valence-corrected chi connectivity index (χ2v) is 7.15. The number of nitrogens with zero attached hydrogens (tertiary/aromatic N) is 5. The Morgan fingerprint density at radius 2 is 1.96 bits per heavy atom. The van der Waals surface area contributed by atoms with Crippen molar-refractivity contribution in [3.63, 3.8) is 0 Å². The average Bonchev–Trinajstić information content (AvgIpc) is 3.07. The highest BCUT2D eigenvalue weighted by Gasteiger charge is 2.40. The molecule has 0 amide bonds. The molecular formula is C18H25N5O2. The van der Waals surface area contributed by atoms with Crippen molar-refractivity contribution in [2.75, 3.05) is 25.1 Å². The summed E-state index contributed by atoms with van der Waals surface area (Å²) in [5.41, 5.74) is 0.433. The maximum absolute atomic E-state index is 12.1. The van der Waals surface area contributed by atoms with E-state index in [1.807, 2.05) is 45.2 Å². The average molecular weight is 343 g/mol. The first-order chi connectivity index (χ1) is 11.9. The van der Waals surface area contributed by atoms with E-state index in [0.29, 0.717) is 5.82 Å². The van der Waals surface area contributed by atoms with E-state index in [4.69, 9.17) is 4.74 Å². The minimum absolute atomic E-state index is 0.158. The van der Waals surface area contributed by atoms with Gasteiger partial charge in [0, 0.05) is 19.3 Å². The Bertz CT molecular complexity index is 738. The molecule has 1 fully saturated rings. The summed E-state index contributed by atoms with van der Waals surface area (Å²) in [5, 5.41) is 13.0. The van der Waals surface area contributed by atoms with Crippen LogP contribution in [0.1, 0.15) is 32.4 Å². The number of aryl methyl sites for hydroxylation is 1. The topological polar surface area (TPSA) is 73.1 Å². The second-order valence-electron chi connectivity index (χ2n) is 7.15. The predicted octanol–water partition coefficient (Wildman–Crippen LogP) is 2.39. The number of ether oxygens (including phenoxy) is 1. The van der Waals surface area contributed by atoms with Crippen LogP contribution in [0.4, 0.5) is 5.82 Å². The fraction of sp³-hybridized carbons (Fsp3) is 0.556. The monoisotopic (exact) mass is 343 g/mol. The van der Waals surface area contributed by atoms with Crippen LogP contribution in [0.2, 0.25) is 0 Å². The molecule has 134 valence electrons. The van der Waals surface area contributed by atoms with Crippen LogP contribution in [-0.2, 0) is 9.53 Å². The molecule has 2 aromatic rings. The van der Waals surface area contributed by atoms with Gasteiger partial charge in [-0.1, -0.05) is 0 Å². The summed E-state index contributed by atoms with van der Waals surface area (Å²) < 4.78 is 6.69. The summed E-state index contributed by atoms with van der Waals surface area (Å²) in [5.74, 6) is 1.59. The number of rotatable bonds is 4. The van der Waals surface area contributed by atoms with E-state index in [9.17, 15) is 4.79 Å². The molecule has 3 rings (SSSR count). The summed E-state index contributed by atoms with van der Waals surface area (Å²) in [6.07, 6.45) is 3.90. The maximum Gasteiger partial charge on any atom is 0.311 e. The van der Waals surface area contributed by atoms with Gasteiger partial charge in [0.05, 0.1) is 18.2 Å². The highest BCUT2D eigenvalue weighted by Crippen LogP contribution is 2.36. The Morgan fingerprint density at radius 1 is 1.24 bits per heavy atom. The summed E-state index contributed by atoms with van der Waals surface area (Å²) in [4.78, 5) is 14.3. The second kappa shape index (κ2) is 6.82. The lowest BCUT2D eigenvalue weighted by molar-refractivity contribution is -0.154. The summed E-state index contributed by atoms with van der Waals surface area (Å²) >= 11 is 0. The van der Waals surface area contributed by atoms with Crippen LogP contribution in [0.3, 0.4) is 0 Å². The predicted molar refractivity (Wildman–Crippen MR) is 94.6 cm³/mol. The fourth-order valence-electron chi connectivity index (χ4n) is 3.36. The third kappa shape index (κ3) is 3.50. The Labute approximate surface area is 148 Å². The molecule has 2 aromatic heterocycles. The van der Waals surface area contributed by atoms with Crippen molar-refractivity contribution in [1.82, 2.24) is 20.0 Å². The molecule has 1 unspecified atom stereocenters. The van der Waals surface area contributed by atoms with Crippen LogP contribution in [-0.4, -0.2) is 46.1 Å². The number of anilines is 1. The molecule has 0 aliphatic carbocycles. The van der Waals surface area contributed by atoms with Gasteiger partial charge in [-0.05, 0) is 57.7 Å². The first kappa shape index (κ1) is 17.4. The van der Waals surface area contributed by atoms with E-state index in [-0.39, 0.29) is 11.9 Å². The van der Waals surface area contributed by atoms with E-state index in [1.165, 1.54) is 7.11 Å². The molecule has 25 heavy (non-hydrogen) atoms. The van der Waals surface area contributed by atoms with Crippen molar-refractivity contribution in [3.05, 3.63) is 30.1 Å². The van der Waals surface area contributed by atoms with Crippen molar-refractivity contribution in [3.8, 4) is 5.82 Å². The largest absolute Gasteiger partial charge is 0.469 e. The van der Waals surface area contributed by atoms with Crippen molar-refractivity contribution >= 4 is 11.8 Å². The van der Waals surface area contributed by atoms with Crippen LogP contribution in [0, 0.1) is 18.3 Å². The molecule has 0 aromatic carbocycles. The van der Waals surface area contributed by atoms with Crippen molar-refractivity contribution < 1.29 is 9.53 Å². The highest BCUT2D eigenvalue weighted by atomic mass is 16.5. The zero-order chi connectivity index (χ0) is 18.0. The molecule has 7 nitrogen and oxygen atoms in total. The first-order valence-corrected chi connectivity index (χ1v) is 8.61. The molecule has 0 spiro atoms. The Balaban J connectivity index is 1.74. The zero-order valence-electron chi connectivity index (χ0n) is 15.3. The van der Waals surface area contributed by atoms with E-state index in [1.54, 1.807) is 4.68 Å². The molecule has 0 bridgehead atoms. The summed E-state index contributed by atoms with van der Waals surface area (Å²) in [7, 11) is 1.45. The van der Waals surface area contributed by atoms with Gasteiger partial charge in [0.2, 0.25) is 0 Å². The number of carbonyl (C=O) groups excluding carboxylic acids is 1. The molecule has 1 aliphatic heterocycles. The number of aromatic nitrogens is 4. The minimum Gasteiger partial charge on any atom is -0.469 e. The first-order valence-electron chi connectivity index (χ1n) is 8.61. The van der Waals surface area contributed by atoms with Gasteiger partial charge in [0.15, 0.2) is 11.6 Å². The van der Waals surface area contributed by atoms with Crippen LogP contribution >= 0.6 is 0 Å². The molecule has 7 heteroatoms. The van der Waals surface area contributed by atoms with Gasteiger partial charge < -0.3 is 9.64 Å². The van der Waals surface area contributed by atoms with Crippen LogP contribution in [0.5, 0.6) is 0 Å². The summed E-state index contributed by atoms with van der Waals surface area (Å²) in [6.45, 7) is 7.55. The SMILES string of the molecule is COC(=O)C(C)(C)C1CCCN(c2ccc(-n3ccc(C)n3)nn2)C1. The minimum atomic E-state index is -0.507. The van der Waals surface area contributed by atoms with E-state index in [2.05, 4.69) is 20.2 Å². The molecule has 0 radical (unpaired) electrons. The van der Waals surface area contributed by atoms with Crippen molar-refractivity contribution in [2.45, 2.75) is 33.6 Å². The maximum atomic E-state index is 12.1. The molecular weight excluding hydrogens is 318 g/mol. The normalized spacial score (nSPS) is 18.2. The van der Waals surface area contributed by atoms with E-state index in [0.717, 1.165) is 37.4 Å². The lowest BCUT2D eigenvalue weighted by atomic mass is 9.74. The lowest BCUT2D eigenvalue weighted by Gasteiger charge is -2.40. The summed E-state index contributed by atoms with van der Waals surface area (Å²) in [6, 6.07) is 5.82. The molecule has 1 saturated heterocycles. The Morgan fingerprint density at radius 3 is 2.56 bits per heavy atom. The number of esters is 1. The van der Waals surface area contributed by atoms with Gasteiger partial charge in [-0.25, -0.2) is 4.68 Å². The van der Waals surface area contributed by atoms with E-state index < -0.39 is 5.41 Å².